The molecule has 0 saturated carbocycles. The molecule has 7 nitrogen and oxygen atoms in total. The average molecular weight is 402 g/mol. The molecule has 1 amide bonds. The van der Waals surface area contributed by atoms with Crippen LogP contribution in [0.3, 0.4) is 0 Å². The maximum atomic E-state index is 12.2. The maximum absolute atomic E-state index is 12.2. The molecule has 2 saturated heterocycles. The van der Waals surface area contributed by atoms with Gasteiger partial charge in [0.1, 0.15) is 5.60 Å². The van der Waals surface area contributed by atoms with Crippen molar-refractivity contribution in [1.82, 2.24) is 14.7 Å². The van der Waals surface area contributed by atoms with Crippen LogP contribution in [-0.4, -0.2) is 78.2 Å². The zero-order chi connectivity index (χ0) is 20.9. The molecule has 2 aliphatic heterocycles. The number of likely N-dealkylation sites (tertiary alicyclic amines) is 1. The number of benzene rings is 1. The number of nitrogens with two attached hydrogens (primary N) is 1. The van der Waals surface area contributed by atoms with E-state index in [2.05, 4.69) is 34.1 Å². The SMILES string of the molecule is CC(C)(C)OC(=O)N1CCN(C(N)=NCC(c2ccccc2)N2CCCC2)CC1. The van der Waals surface area contributed by atoms with Crippen molar-refractivity contribution in [3.05, 3.63) is 35.9 Å². The van der Waals surface area contributed by atoms with Crippen LogP contribution < -0.4 is 5.73 Å². The Balaban J connectivity index is 1.57. The van der Waals surface area contributed by atoms with E-state index in [1.165, 1.54) is 18.4 Å². The van der Waals surface area contributed by atoms with E-state index < -0.39 is 5.60 Å². The first-order valence-electron chi connectivity index (χ1n) is 10.7. The Morgan fingerprint density at radius 3 is 2.21 bits per heavy atom. The molecule has 2 fully saturated rings. The molecule has 0 spiro atoms. The number of carbonyl (C=O) groups is 1. The summed E-state index contributed by atoms with van der Waals surface area (Å²) in [5.41, 5.74) is 7.14. The van der Waals surface area contributed by atoms with E-state index in [1.54, 1.807) is 4.90 Å². The molecular formula is C22H35N5O2. The summed E-state index contributed by atoms with van der Waals surface area (Å²) >= 11 is 0. The molecule has 2 aliphatic rings. The fourth-order valence-corrected chi connectivity index (χ4v) is 3.88. The lowest BCUT2D eigenvalue weighted by molar-refractivity contribution is 0.0186. The molecular weight excluding hydrogens is 366 g/mol. The number of amides is 1. The number of rotatable bonds is 4. The van der Waals surface area contributed by atoms with Gasteiger partial charge in [-0.3, -0.25) is 9.89 Å². The lowest BCUT2D eigenvalue weighted by atomic mass is 10.1. The minimum Gasteiger partial charge on any atom is -0.444 e. The summed E-state index contributed by atoms with van der Waals surface area (Å²) in [6.45, 7) is 11.1. The molecule has 160 valence electrons. The molecule has 7 heteroatoms. The highest BCUT2D eigenvalue weighted by atomic mass is 16.6. The molecule has 0 bridgehead atoms. The van der Waals surface area contributed by atoms with E-state index in [4.69, 9.17) is 15.5 Å². The van der Waals surface area contributed by atoms with E-state index in [0.717, 1.165) is 13.1 Å². The predicted molar refractivity (Wildman–Crippen MR) is 116 cm³/mol. The quantitative estimate of drug-likeness (QED) is 0.620. The highest BCUT2D eigenvalue weighted by Gasteiger charge is 2.27. The molecule has 0 aliphatic carbocycles. The van der Waals surface area contributed by atoms with E-state index in [9.17, 15) is 4.79 Å². The van der Waals surface area contributed by atoms with Crippen molar-refractivity contribution in [1.29, 1.82) is 0 Å². The Morgan fingerprint density at radius 1 is 1.03 bits per heavy atom. The van der Waals surface area contributed by atoms with Crippen LogP contribution in [0.2, 0.25) is 0 Å². The largest absolute Gasteiger partial charge is 0.444 e. The van der Waals surface area contributed by atoms with E-state index in [-0.39, 0.29) is 12.1 Å². The number of hydrogen-bond acceptors (Lipinski definition) is 4. The fourth-order valence-electron chi connectivity index (χ4n) is 3.88. The minimum atomic E-state index is -0.475. The number of guanidine groups is 1. The summed E-state index contributed by atoms with van der Waals surface area (Å²) in [4.78, 5) is 23.3. The zero-order valence-corrected chi connectivity index (χ0v) is 18.0. The van der Waals surface area contributed by atoms with Crippen LogP contribution in [0.4, 0.5) is 4.79 Å². The van der Waals surface area contributed by atoms with Crippen LogP contribution >= 0.6 is 0 Å². The molecule has 29 heavy (non-hydrogen) atoms. The number of nitrogens with zero attached hydrogens (tertiary/aromatic N) is 4. The number of carbonyl (C=O) groups excluding carboxylic acids is 1. The number of aliphatic imine (C=N–C) groups is 1. The lowest BCUT2D eigenvalue weighted by Crippen LogP contribution is -2.53. The third-order valence-corrected chi connectivity index (χ3v) is 5.45. The second kappa shape index (κ2) is 9.48. The first-order valence-corrected chi connectivity index (χ1v) is 10.7. The second-order valence-electron chi connectivity index (χ2n) is 8.82. The molecule has 3 rings (SSSR count). The van der Waals surface area contributed by atoms with Crippen molar-refractivity contribution in [3.8, 4) is 0 Å². The highest BCUT2D eigenvalue weighted by Crippen LogP contribution is 2.25. The van der Waals surface area contributed by atoms with Crippen molar-refractivity contribution in [2.75, 3.05) is 45.8 Å². The summed E-state index contributed by atoms with van der Waals surface area (Å²) in [6.07, 6.45) is 2.23. The van der Waals surface area contributed by atoms with Crippen molar-refractivity contribution in [2.45, 2.75) is 45.3 Å². The summed E-state index contributed by atoms with van der Waals surface area (Å²) in [5, 5.41) is 0. The maximum Gasteiger partial charge on any atom is 0.410 e. The summed E-state index contributed by atoms with van der Waals surface area (Å²) in [5.74, 6) is 0.564. The molecule has 1 aromatic carbocycles. The third-order valence-electron chi connectivity index (χ3n) is 5.45. The van der Waals surface area contributed by atoms with Gasteiger partial charge in [0.15, 0.2) is 5.96 Å². The standard InChI is InChI=1S/C22H35N5O2/c1-22(2,3)29-21(28)27-15-13-26(14-16-27)20(23)24-17-19(25-11-7-8-12-25)18-9-5-4-6-10-18/h4-6,9-10,19H,7-8,11-17H2,1-3H3,(H2,23,24). The van der Waals surface area contributed by atoms with Crippen molar-refractivity contribution in [2.24, 2.45) is 10.7 Å². The van der Waals surface area contributed by atoms with Gasteiger partial charge in [-0.2, -0.15) is 0 Å². The van der Waals surface area contributed by atoms with Crippen molar-refractivity contribution >= 4 is 12.1 Å². The topological polar surface area (TPSA) is 74.4 Å². The molecule has 0 radical (unpaired) electrons. The smallest absolute Gasteiger partial charge is 0.410 e. The Hall–Kier alpha value is -2.28. The predicted octanol–water partition coefficient (Wildman–Crippen LogP) is 2.69. The third kappa shape index (κ3) is 6.10. The number of hydrogen-bond donors (Lipinski definition) is 1. The highest BCUT2D eigenvalue weighted by molar-refractivity contribution is 5.78. The normalized spacial score (nSPS) is 20.0. The average Bonchev–Trinajstić information content (AvgIpc) is 3.22. The van der Waals surface area contributed by atoms with Crippen molar-refractivity contribution < 1.29 is 9.53 Å². The van der Waals surface area contributed by atoms with Crippen LogP contribution in [0.5, 0.6) is 0 Å². The van der Waals surface area contributed by atoms with E-state index in [0.29, 0.717) is 38.7 Å². The van der Waals surface area contributed by atoms with Crippen LogP contribution in [0.25, 0.3) is 0 Å². The van der Waals surface area contributed by atoms with Crippen LogP contribution in [-0.2, 0) is 4.74 Å². The Kier molecular flexibility index (Phi) is 7.00. The molecule has 1 aromatic rings. The first kappa shape index (κ1) is 21.4. The van der Waals surface area contributed by atoms with Gasteiger partial charge in [-0.25, -0.2) is 4.79 Å². The summed E-state index contributed by atoms with van der Waals surface area (Å²) in [6, 6.07) is 10.8. The fraction of sp³-hybridized carbons (Fsp3) is 0.636. The molecule has 1 unspecified atom stereocenters. The van der Waals surface area contributed by atoms with Gasteiger partial charge in [0.05, 0.1) is 12.6 Å². The van der Waals surface area contributed by atoms with Gasteiger partial charge in [0.2, 0.25) is 0 Å². The molecule has 1 atom stereocenters. The Morgan fingerprint density at radius 2 is 1.62 bits per heavy atom. The van der Waals surface area contributed by atoms with Gasteiger partial charge in [0, 0.05) is 26.2 Å². The summed E-state index contributed by atoms with van der Waals surface area (Å²) < 4.78 is 5.46. The van der Waals surface area contributed by atoms with Crippen LogP contribution in [0.15, 0.2) is 35.3 Å². The molecule has 0 aromatic heterocycles. The Bertz CT molecular complexity index is 687. The zero-order valence-electron chi connectivity index (χ0n) is 18.0. The van der Waals surface area contributed by atoms with E-state index in [1.807, 2.05) is 26.8 Å². The van der Waals surface area contributed by atoms with Gasteiger partial charge in [0.25, 0.3) is 0 Å². The van der Waals surface area contributed by atoms with Crippen LogP contribution in [0.1, 0.15) is 45.2 Å². The van der Waals surface area contributed by atoms with Crippen molar-refractivity contribution in [3.63, 3.8) is 0 Å². The number of piperazine rings is 1. The van der Waals surface area contributed by atoms with E-state index >= 15 is 0 Å². The Labute approximate surface area is 174 Å². The summed E-state index contributed by atoms with van der Waals surface area (Å²) in [7, 11) is 0. The van der Waals surface area contributed by atoms with Crippen LogP contribution in [0, 0.1) is 0 Å². The molecule has 2 heterocycles. The first-order chi connectivity index (χ1) is 13.8. The number of ether oxygens (including phenoxy) is 1. The van der Waals surface area contributed by atoms with Gasteiger partial charge in [-0.1, -0.05) is 30.3 Å². The van der Waals surface area contributed by atoms with Gasteiger partial charge >= 0.3 is 6.09 Å². The van der Waals surface area contributed by atoms with Gasteiger partial charge < -0.3 is 20.3 Å². The van der Waals surface area contributed by atoms with Gasteiger partial charge in [-0.05, 0) is 52.3 Å². The molecule has 2 N–H and O–H groups in total. The minimum absolute atomic E-state index is 0.258. The monoisotopic (exact) mass is 401 g/mol. The lowest BCUT2D eigenvalue weighted by Gasteiger charge is -2.36. The second-order valence-corrected chi connectivity index (χ2v) is 8.82. The van der Waals surface area contributed by atoms with Gasteiger partial charge in [-0.15, -0.1) is 0 Å².